The molecule has 2 heteroatoms. The monoisotopic (exact) mass is 143 g/mol. The maximum Gasteiger partial charge on any atom is 0.0595 e. The molecule has 2 N–H and O–H groups in total. The largest absolute Gasteiger partial charge is 0.393 e. The van der Waals surface area contributed by atoms with Crippen LogP contribution < -0.4 is 5.32 Å². The number of hydrogen-bond donors (Lipinski definition) is 2. The maximum absolute atomic E-state index is 9.50. The Morgan fingerprint density at radius 3 is 2.40 bits per heavy atom. The van der Waals surface area contributed by atoms with E-state index >= 15 is 0 Å². The van der Waals surface area contributed by atoms with Gasteiger partial charge in [-0.1, -0.05) is 13.8 Å². The highest BCUT2D eigenvalue weighted by Crippen LogP contribution is 2.15. The Kier molecular flexibility index (Phi) is 2.69. The van der Waals surface area contributed by atoms with Crippen molar-refractivity contribution in [2.75, 3.05) is 13.1 Å². The van der Waals surface area contributed by atoms with Crippen LogP contribution in [0.4, 0.5) is 0 Å². The van der Waals surface area contributed by atoms with Crippen molar-refractivity contribution in [3.63, 3.8) is 0 Å². The Hall–Kier alpha value is -0.0800. The molecule has 10 heavy (non-hydrogen) atoms. The van der Waals surface area contributed by atoms with Gasteiger partial charge in [-0.15, -0.1) is 0 Å². The van der Waals surface area contributed by atoms with E-state index in [-0.39, 0.29) is 6.10 Å². The highest BCUT2D eigenvalue weighted by Gasteiger charge is 2.25. The van der Waals surface area contributed by atoms with Crippen molar-refractivity contribution in [3.05, 3.63) is 0 Å². The Labute approximate surface area is 62.6 Å². The van der Waals surface area contributed by atoms with Crippen molar-refractivity contribution in [1.29, 1.82) is 0 Å². The van der Waals surface area contributed by atoms with Crippen molar-refractivity contribution < 1.29 is 5.11 Å². The van der Waals surface area contributed by atoms with Crippen LogP contribution in [0.3, 0.4) is 0 Å². The quantitative estimate of drug-likeness (QED) is 0.607. The number of aliphatic hydroxyl groups is 1. The Morgan fingerprint density at radius 2 is 2.10 bits per heavy atom. The fraction of sp³-hybridized carbons (Fsp3) is 1.00. The molecule has 60 valence electrons. The summed E-state index contributed by atoms with van der Waals surface area (Å²) < 4.78 is 0. The number of hydrogen-bond acceptors (Lipinski definition) is 2. The van der Waals surface area contributed by atoms with Crippen LogP contribution in [-0.2, 0) is 0 Å². The summed E-state index contributed by atoms with van der Waals surface area (Å²) in [5, 5.41) is 12.7. The van der Waals surface area contributed by atoms with Gasteiger partial charge in [0.1, 0.15) is 0 Å². The van der Waals surface area contributed by atoms with Crippen LogP contribution in [0.1, 0.15) is 20.3 Å². The molecule has 2 nitrogen and oxygen atoms in total. The first kappa shape index (κ1) is 8.02. The highest BCUT2D eigenvalue weighted by atomic mass is 16.3. The third-order valence-corrected chi connectivity index (χ3v) is 2.07. The minimum atomic E-state index is -0.0683. The van der Waals surface area contributed by atoms with E-state index in [1.54, 1.807) is 0 Å². The van der Waals surface area contributed by atoms with Crippen LogP contribution >= 0.6 is 0 Å². The van der Waals surface area contributed by atoms with Crippen LogP contribution in [0.25, 0.3) is 0 Å². The van der Waals surface area contributed by atoms with Crippen molar-refractivity contribution >= 4 is 0 Å². The Balaban J connectivity index is 2.13. The van der Waals surface area contributed by atoms with Crippen molar-refractivity contribution in [2.24, 2.45) is 11.8 Å². The predicted molar refractivity (Wildman–Crippen MR) is 41.8 cm³/mol. The molecule has 0 radical (unpaired) electrons. The van der Waals surface area contributed by atoms with Crippen molar-refractivity contribution in [3.8, 4) is 0 Å². The zero-order valence-corrected chi connectivity index (χ0v) is 6.80. The summed E-state index contributed by atoms with van der Waals surface area (Å²) in [7, 11) is 0. The van der Waals surface area contributed by atoms with E-state index in [0.717, 1.165) is 19.5 Å². The minimum absolute atomic E-state index is 0.0683. The van der Waals surface area contributed by atoms with Gasteiger partial charge in [-0.2, -0.15) is 0 Å². The van der Waals surface area contributed by atoms with E-state index in [4.69, 9.17) is 0 Å². The fourth-order valence-corrected chi connectivity index (χ4v) is 1.26. The standard InChI is InChI=1S/C8H17NO/c1-6(2)3-8(10)7-4-9-5-7/h6-10H,3-5H2,1-2H3. The topological polar surface area (TPSA) is 32.3 Å². The lowest BCUT2D eigenvalue weighted by molar-refractivity contribution is 0.0593. The van der Waals surface area contributed by atoms with Gasteiger partial charge in [0, 0.05) is 19.0 Å². The average molecular weight is 143 g/mol. The van der Waals surface area contributed by atoms with E-state index in [2.05, 4.69) is 19.2 Å². The minimum Gasteiger partial charge on any atom is -0.393 e. The van der Waals surface area contributed by atoms with Crippen molar-refractivity contribution in [2.45, 2.75) is 26.4 Å². The third-order valence-electron chi connectivity index (χ3n) is 2.07. The lowest BCUT2D eigenvalue weighted by atomic mass is 9.90. The summed E-state index contributed by atoms with van der Waals surface area (Å²) in [6.45, 7) is 6.31. The maximum atomic E-state index is 9.50. The molecule has 0 amide bonds. The summed E-state index contributed by atoms with van der Waals surface area (Å²) >= 11 is 0. The molecule has 1 heterocycles. The van der Waals surface area contributed by atoms with Crippen molar-refractivity contribution in [1.82, 2.24) is 5.32 Å². The van der Waals surface area contributed by atoms with Gasteiger partial charge in [-0.05, 0) is 12.3 Å². The van der Waals surface area contributed by atoms with Crippen LogP contribution in [0.15, 0.2) is 0 Å². The molecule has 0 aromatic heterocycles. The normalized spacial score (nSPS) is 22.8. The van der Waals surface area contributed by atoms with Gasteiger partial charge in [-0.3, -0.25) is 0 Å². The summed E-state index contributed by atoms with van der Waals surface area (Å²) in [4.78, 5) is 0. The summed E-state index contributed by atoms with van der Waals surface area (Å²) in [6, 6.07) is 0. The lowest BCUT2D eigenvalue weighted by Crippen LogP contribution is -2.48. The first-order valence-electron chi connectivity index (χ1n) is 4.09. The molecule has 0 saturated carbocycles. The predicted octanol–water partition coefficient (Wildman–Crippen LogP) is 0.613. The molecule has 0 aromatic rings. The molecule has 1 aliphatic rings. The molecule has 1 rings (SSSR count). The lowest BCUT2D eigenvalue weighted by Gasteiger charge is -2.32. The summed E-state index contributed by atoms with van der Waals surface area (Å²) in [5.74, 6) is 1.15. The molecule has 1 fully saturated rings. The van der Waals surface area contributed by atoms with E-state index in [1.807, 2.05) is 0 Å². The first-order valence-corrected chi connectivity index (χ1v) is 4.09. The number of rotatable bonds is 3. The SMILES string of the molecule is CC(C)CC(O)C1CNC1. The van der Waals surface area contributed by atoms with E-state index in [0.29, 0.717) is 11.8 Å². The van der Waals surface area contributed by atoms with Crippen LogP contribution in [0.5, 0.6) is 0 Å². The molecular formula is C8H17NO. The van der Waals surface area contributed by atoms with E-state index in [9.17, 15) is 5.11 Å². The zero-order chi connectivity index (χ0) is 7.56. The number of aliphatic hydroxyl groups excluding tert-OH is 1. The summed E-state index contributed by atoms with van der Waals surface area (Å²) in [6.07, 6.45) is 0.882. The molecular weight excluding hydrogens is 126 g/mol. The molecule has 1 aliphatic heterocycles. The van der Waals surface area contributed by atoms with Crippen LogP contribution in [0, 0.1) is 11.8 Å². The Morgan fingerprint density at radius 1 is 1.50 bits per heavy atom. The molecule has 0 aliphatic carbocycles. The second-order valence-electron chi connectivity index (χ2n) is 3.62. The smallest absolute Gasteiger partial charge is 0.0595 e. The molecule has 0 aromatic carbocycles. The van der Waals surface area contributed by atoms with Gasteiger partial charge in [-0.25, -0.2) is 0 Å². The fourth-order valence-electron chi connectivity index (χ4n) is 1.26. The first-order chi connectivity index (χ1) is 4.70. The van der Waals surface area contributed by atoms with Crippen LogP contribution in [0.2, 0.25) is 0 Å². The molecule has 0 spiro atoms. The van der Waals surface area contributed by atoms with Crippen LogP contribution in [-0.4, -0.2) is 24.3 Å². The second-order valence-corrected chi connectivity index (χ2v) is 3.62. The number of nitrogens with one attached hydrogen (secondary N) is 1. The van der Waals surface area contributed by atoms with E-state index in [1.165, 1.54) is 0 Å². The molecule has 0 bridgehead atoms. The van der Waals surface area contributed by atoms with Gasteiger partial charge < -0.3 is 10.4 Å². The van der Waals surface area contributed by atoms with Gasteiger partial charge in [0.05, 0.1) is 6.10 Å². The zero-order valence-electron chi connectivity index (χ0n) is 6.80. The average Bonchev–Trinajstić information content (AvgIpc) is 1.55. The second kappa shape index (κ2) is 3.35. The highest BCUT2D eigenvalue weighted by molar-refractivity contribution is 4.81. The van der Waals surface area contributed by atoms with Gasteiger partial charge in [0.15, 0.2) is 0 Å². The molecule has 1 atom stereocenters. The van der Waals surface area contributed by atoms with Gasteiger partial charge >= 0.3 is 0 Å². The Bertz CT molecular complexity index is 99.4. The van der Waals surface area contributed by atoms with Gasteiger partial charge in [0.2, 0.25) is 0 Å². The van der Waals surface area contributed by atoms with E-state index < -0.39 is 0 Å². The molecule has 1 unspecified atom stereocenters. The summed E-state index contributed by atoms with van der Waals surface area (Å²) in [5.41, 5.74) is 0. The molecule has 1 saturated heterocycles. The third kappa shape index (κ3) is 1.96. The van der Waals surface area contributed by atoms with Gasteiger partial charge in [0.25, 0.3) is 0 Å².